The summed E-state index contributed by atoms with van der Waals surface area (Å²) in [7, 11) is 0. The van der Waals surface area contributed by atoms with Crippen LogP contribution in [0.15, 0.2) is 12.8 Å². The van der Waals surface area contributed by atoms with Crippen LogP contribution >= 0.6 is 0 Å². The van der Waals surface area contributed by atoms with Crippen LogP contribution in [0.25, 0.3) is 0 Å². The van der Waals surface area contributed by atoms with E-state index in [9.17, 15) is 4.55 Å². The zero-order chi connectivity index (χ0) is 12.7. The Bertz CT molecular complexity index is 201. The molecule has 0 amide bonds. The van der Waals surface area contributed by atoms with Crippen LogP contribution in [0.5, 0.6) is 0 Å². The predicted molar refractivity (Wildman–Crippen MR) is 68.3 cm³/mol. The molecule has 0 aromatic rings. The molecule has 0 spiro atoms. The molecule has 2 aliphatic rings. The van der Waals surface area contributed by atoms with E-state index in [-0.39, 0.29) is 0 Å². The zero-order valence-corrected chi connectivity index (χ0v) is 11.4. The van der Waals surface area contributed by atoms with Crippen molar-refractivity contribution in [3.63, 3.8) is 0 Å². The van der Waals surface area contributed by atoms with Crippen molar-refractivity contribution < 1.29 is 18.8 Å². The normalized spacial score (nSPS) is 26.8. The molecule has 2 unspecified atom stereocenters. The molecule has 2 rings (SSSR count). The number of ether oxygens (including phenoxy) is 3. The summed E-state index contributed by atoms with van der Waals surface area (Å²) >= 11 is -0.705. The van der Waals surface area contributed by atoms with Crippen LogP contribution in [0, 0.1) is 5.92 Å². The van der Waals surface area contributed by atoms with Gasteiger partial charge in [0.1, 0.15) is 23.7 Å². The highest BCUT2D eigenvalue weighted by Gasteiger charge is 2.33. The topological polar surface area (TPSA) is 57.4 Å². The van der Waals surface area contributed by atoms with Gasteiger partial charge >= 0.3 is 0 Å². The van der Waals surface area contributed by atoms with E-state index in [1.807, 2.05) is 0 Å². The second-order valence-corrected chi connectivity index (χ2v) is 6.12. The van der Waals surface area contributed by atoms with Gasteiger partial charge < -0.3 is 18.8 Å². The van der Waals surface area contributed by atoms with Crippen molar-refractivity contribution in [2.24, 2.45) is 5.92 Å². The van der Waals surface area contributed by atoms with Crippen molar-refractivity contribution in [3.05, 3.63) is 12.8 Å². The highest BCUT2D eigenvalue weighted by Crippen LogP contribution is 2.16. The molecule has 2 aliphatic heterocycles. The highest BCUT2D eigenvalue weighted by atomic mass is 32.2. The smallest absolute Gasteiger partial charge is 0.134 e. The average molecular weight is 262 g/mol. The summed E-state index contributed by atoms with van der Waals surface area (Å²) in [4.78, 5) is 0. The third kappa shape index (κ3) is 9.47. The van der Waals surface area contributed by atoms with E-state index in [1.165, 1.54) is 6.26 Å². The number of hydrogen-bond acceptors (Lipinski definition) is 4. The lowest BCUT2D eigenvalue weighted by Crippen LogP contribution is -2.18. The van der Waals surface area contributed by atoms with Crippen LogP contribution in [0.1, 0.15) is 13.8 Å². The van der Waals surface area contributed by atoms with Gasteiger partial charge in [0.2, 0.25) is 0 Å². The van der Waals surface area contributed by atoms with Crippen LogP contribution in [0.2, 0.25) is 0 Å². The quantitative estimate of drug-likeness (QED) is 0.394. The Labute approximate surface area is 106 Å². The molecular weight excluding hydrogens is 240 g/mol. The summed E-state index contributed by atoms with van der Waals surface area (Å²) in [5.41, 5.74) is 0. The Balaban J connectivity index is 0.000000185. The van der Waals surface area contributed by atoms with Gasteiger partial charge in [-0.2, -0.15) is 0 Å². The van der Waals surface area contributed by atoms with Gasteiger partial charge in [0, 0.05) is 0 Å². The minimum absolute atomic E-state index is 0.291. The molecule has 0 aliphatic carbocycles. The molecule has 4 nitrogen and oxygen atoms in total. The van der Waals surface area contributed by atoms with Gasteiger partial charge in [-0.05, 0) is 17.1 Å². The van der Waals surface area contributed by atoms with Gasteiger partial charge in [-0.25, -0.2) is 0 Å². The first kappa shape index (κ1) is 14.8. The van der Waals surface area contributed by atoms with Gasteiger partial charge in [-0.3, -0.25) is 0 Å². The standard InChI is InChI=1S/C6H10O3S.C6H12O/c7-10(3-5-1-8-5)4-6-2-9-6;1-4-7-5-6(2)3/h5-6H,1-4H2;4,6H,1,5H2,2-3H3. The second kappa shape index (κ2) is 7.97. The van der Waals surface area contributed by atoms with Gasteiger partial charge in [0.05, 0.1) is 26.1 Å². The van der Waals surface area contributed by atoms with Crippen molar-refractivity contribution >= 4 is 11.2 Å². The molecule has 17 heavy (non-hydrogen) atoms. The lowest BCUT2D eigenvalue weighted by atomic mass is 10.2. The van der Waals surface area contributed by atoms with Crippen LogP contribution in [0.3, 0.4) is 0 Å². The minimum Gasteiger partial charge on any atom is -0.616 e. The third-order valence-corrected chi connectivity index (χ3v) is 3.58. The third-order valence-electron chi connectivity index (χ3n) is 2.10. The van der Waals surface area contributed by atoms with E-state index in [1.54, 1.807) is 0 Å². The largest absolute Gasteiger partial charge is 0.616 e. The van der Waals surface area contributed by atoms with Crippen molar-refractivity contribution in [1.29, 1.82) is 0 Å². The average Bonchev–Trinajstić information content (AvgIpc) is 3.12. The van der Waals surface area contributed by atoms with E-state index in [2.05, 4.69) is 20.4 Å². The van der Waals surface area contributed by atoms with Crippen molar-refractivity contribution in [2.45, 2.75) is 26.1 Å². The van der Waals surface area contributed by atoms with E-state index < -0.39 is 11.2 Å². The van der Waals surface area contributed by atoms with E-state index in [0.29, 0.717) is 29.6 Å². The number of rotatable bonds is 7. The molecule has 5 heteroatoms. The number of epoxide rings is 2. The molecule has 0 aromatic heterocycles. The number of hydrogen-bond donors (Lipinski definition) is 0. The lowest BCUT2D eigenvalue weighted by Gasteiger charge is -2.06. The first-order valence-electron chi connectivity index (χ1n) is 5.92. The molecular formula is C12H22O4S. The summed E-state index contributed by atoms with van der Waals surface area (Å²) in [5, 5.41) is 0. The Hall–Kier alpha value is -0.230. The van der Waals surface area contributed by atoms with Crippen molar-refractivity contribution in [2.75, 3.05) is 31.3 Å². The van der Waals surface area contributed by atoms with Crippen molar-refractivity contribution in [3.8, 4) is 0 Å². The van der Waals surface area contributed by atoms with Crippen LogP contribution in [-0.4, -0.2) is 48.1 Å². The molecule has 2 saturated heterocycles. The van der Waals surface area contributed by atoms with Crippen LogP contribution < -0.4 is 0 Å². The van der Waals surface area contributed by atoms with Crippen LogP contribution in [0.4, 0.5) is 0 Å². The van der Waals surface area contributed by atoms with Gasteiger partial charge in [-0.1, -0.05) is 20.4 Å². The minimum atomic E-state index is -0.705. The molecule has 2 atom stereocenters. The summed E-state index contributed by atoms with van der Waals surface area (Å²) in [6, 6.07) is 0. The van der Waals surface area contributed by atoms with Crippen LogP contribution in [-0.2, 0) is 25.4 Å². The van der Waals surface area contributed by atoms with Gasteiger partial charge in [0.15, 0.2) is 0 Å². The maximum atomic E-state index is 11.1. The van der Waals surface area contributed by atoms with E-state index in [0.717, 1.165) is 19.8 Å². The molecule has 0 N–H and O–H groups in total. The maximum Gasteiger partial charge on any atom is 0.134 e. The maximum absolute atomic E-state index is 11.1. The molecule has 0 bridgehead atoms. The highest BCUT2D eigenvalue weighted by molar-refractivity contribution is 7.91. The van der Waals surface area contributed by atoms with Gasteiger partial charge in [0.25, 0.3) is 0 Å². The fourth-order valence-corrected chi connectivity index (χ4v) is 2.42. The van der Waals surface area contributed by atoms with E-state index in [4.69, 9.17) is 14.2 Å². The summed E-state index contributed by atoms with van der Waals surface area (Å²) in [6.07, 6.45) is 2.05. The molecule has 2 heterocycles. The summed E-state index contributed by atoms with van der Waals surface area (Å²) in [6.45, 7) is 10.00. The first-order valence-corrected chi connectivity index (χ1v) is 7.41. The fourth-order valence-electron chi connectivity index (χ4n) is 1.07. The Morgan fingerprint density at radius 1 is 1.35 bits per heavy atom. The molecule has 2 fully saturated rings. The Kier molecular flexibility index (Phi) is 6.96. The monoisotopic (exact) mass is 262 g/mol. The molecule has 100 valence electrons. The summed E-state index contributed by atoms with van der Waals surface area (Å²) in [5.74, 6) is 2.03. The first-order chi connectivity index (χ1) is 8.11. The molecule has 0 radical (unpaired) electrons. The Morgan fingerprint density at radius 2 is 1.82 bits per heavy atom. The molecule has 0 saturated carbocycles. The summed E-state index contributed by atoms with van der Waals surface area (Å²) < 4.78 is 25.8. The zero-order valence-electron chi connectivity index (χ0n) is 10.6. The lowest BCUT2D eigenvalue weighted by molar-refractivity contribution is 0.212. The second-order valence-electron chi connectivity index (χ2n) is 4.58. The Morgan fingerprint density at radius 3 is 2.06 bits per heavy atom. The SMILES string of the molecule is C=COCC(C)C.[O-][S+](CC1CO1)CC1CO1. The fraction of sp³-hybridized carbons (Fsp3) is 0.833. The predicted octanol–water partition coefficient (Wildman–Crippen LogP) is 1.34. The van der Waals surface area contributed by atoms with Crippen molar-refractivity contribution in [1.82, 2.24) is 0 Å². The van der Waals surface area contributed by atoms with E-state index >= 15 is 0 Å². The molecule has 0 aromatic carbocycles. The van der Waals surface area contributed by atoms with Gasteiger partial charge in [-0.15, -0.1) is 0 Å².